The van der Waals surface area contributed by atoms with E-state index < -0.39 is 0 Å². The molecule has 11 rings (SSSR count). The molecule has 0 N–H and O–H groups in total. The molecule has 0 aliphatic carbocycles. The van der Waals surface area contributed by atoms with Crippen molar-refractivity contribution >= 4 is 82.4 Å². The number of hydrogen-bond donors (Lipinski definition) is 0. The molecule has 0 saturated carbocycles. The average molecular weight is 677 g/mol. The molecule has 248 valence electrons. The van der Waals surface area contributed by atoms with Crippen LogP contribution in [-0.2, 0) is 0 Å². The van der Waals surface area contributed by atoms with Crippen molar-refractivity contribution in [3.63, 3.8) is 0 Å². The first-order valence-corrected chi connectivity index (χ1v) is 18.1. The Morgan fingerprint density at radius 2 is 0.981 bits per heavy atom. The maximum Gasteiger partial charge on any atom is 0.143 e. The predicted molar refractivity (Wildman–Crippen MR) is 223 cm³/mol. The van der Waals surface area contributed by atoms with Crippen LogP contribution < -0.4 is 4.90 Å². The average Bonchev–Trinajstić information content (AvgIpc) is 3.77. The second-order valence-electron chi connectivity index (χ2n) is 13.8. The quantitative estimate of drug-likeness (QED) is 0.181. The molecule has 0 aliphatic heterocycles. The molecule has 0 aliphatic rings. The SMILES string of the molecule is c1cc(-c2ccc(N(c3ccc4ccccc4c3)c3ccc4oc5c6ccccc6ccc5c4c3)cc2)cc(-n2c3ccccc3c3ccccc32)c1. The first-order valence-electron chi connectivity index (χ1n) is 18.1. The highest BCUT2D eigenvalue weighted by Gasteiger charge is 2.18. The number of rotatable bonds is 5. The molecule has 3 nitrogen and oxygen atoms in total. The maximum atomic E-state index is 6.50. The number of para-hydroxylation sites is 2. The van der Waals surface area contributed by atoms with Crippen LogP contribution in [0, 0.1) is 0 Å². The topological polar surface area (TPSA) is 21.3 Å². The fourth-order valence-corrected chi connectivity index (χ4v) is 8.22. The minimum atomic E-state index is 0.886. The third kappa shape index (κ3) is 4.75. The predicted octanol–water partition coefficient (Wildman–Crippen LogP) is 14.1. The van der Waals surface area contributed by atoms with E-state index in [9.17, 15) is 0 Å². The van der Waals surface area contributed by atoms with E-state index in [1.54, 1.807) is 0 Å². The summed E-state index contributed by atoms with van der Waals surface area (Å²) in [5, 5.41) is 9.49. The first kappa shape index (κ1) is 29.6. The Morgan fingerprint density at radius 1 is 0.358 bits per heavy atom. The molecule has 11 aromatic rings. The van der Waals surface area contributed by atoms with Crippen LogP contribution in [0.2, 0.25) is 0 Å². The van der Waals surface area contributed by atoms with Crippen molar-refractivity contribution in [1.82, 2.24) is 4.57 Å². The molecular weight excluding hydrogens is 645 g/mol. The molecule has 2 aromatic heterocycles. The largest absolute Gasteiger partial charge is 0.455 e. The Kier molecular flexibility index (Phi) is 6.55. The molecule has 0 unspecified atom stereocenters. The first-order chi connectivity index (χ1) is 26.3. The van der Waals surface area contributed by atoms with Gasteiger partial charge >= 0.3 is 0 Å². The Balaban J connectivity index is 1.04. The standard InChI is InChI=1S/C50H32N2O/c1-2-12-36-31-40(26-22-33(36)10-1)51(41-27-29-49-46(32-41)45-28-23-35-11-3-4-15-42(35)50(45)53-49)38-24-20-34(21-25-38)37-13-9-14-39(30-37)52-47-18-7-5-16-43(47)44-17-6-8-19-48(44)52/h1-32H. The van der Waals surface area contributed by atoms with Crippen molar-refractivity contribution in [2.75, 3.05) is 4.90 Å². The van der Waals surface area contributed by atoms with Crippen LogP contribution in [-0.4, -0.2) is 4.57 Å². The van der Waals surface area contributed by atoms with Crippen LogP contribution in [0.5, 0.6) is 0 Å². The van der Waals surface area contributed by atoms with Gasteiger partial charge in [-0.1, -0.05) is 121 Å². The summed E-state index contributed by atoms with van der Waals surface area (Å²) < 4.78 is 8.88. The molecule has 0 bridgehead atoms. The lowest BCUT2D eigenvalue weighted by molar-refractivity contribution is 0.672. The molecule has 3 heteroatoms. The van der Waals surface area contributed by atoms with Gasteiger partial charge in [-0.3, -0.25) is 0 Å². The van der Waals surface area contributed by atoms with Crippen molar-refractivity contribution in [3.8, 4) is 16.8 Å². The van der Waals surface area contributed by atoms with E-state index in [0.29, 0.717) is 0 Å². The molecular formula is C50H32N2O. The Bertz CT molecular complexity index is 3130. The Hall–Kier alpha value is -7.10. The number of fused-ring (bicyclic) bond motifs is 9. The van der Waals surface area contributed by atoms with Gasteiger partial charge in [-0.25, -0.2) is 0 Å². The van der Waals surface area contributed by atoms with Crippen molar-refractivity contribution in [1.29, 1.82) is 0 Å². The molecule has 53 heavy (non-hydrogen) atoms. The molecule has 2 heterocycles. The third-order valence-electron chi connectivity index (χ3n) is 10.7. The molecule has 0 spiro atoms. The van der Waals surface area contributed by atoms with Gasteiger partial charge in [0.25, 0.3) is 0 Å². The lowest BCUT2D eigenvalue weighted by Gasteiger charge is -2.26. The van der Waals surface area contributed by atoms with Crippen LogP contribution in [0.4, 0.5) is 17.1 Å². The highest BCUT2D eigenvalue weighted by atomic mass is 16.3. The molecule has 0 fully saturated rings. The van der Waals surface area contributed by atoms with Gasteiger partial charge in [0, 0.05) is 49.7 Å². The second-order valence-corrected chi connectivity index (χ2v) is 13.8. The van der Waals surface area contributed by atoms with Crippen LogP contribution in [0.3, 0.4) is 0 Å². The number of aromatic nitrogens is 1. The van der Waals surface area contributed by atoms with Crippen LogP contribution in [0.15, 0.2) is 199 Å². The maximum absolute atomic E-state index is 6.50. The summed E-state index contributed by atoms with van der Waals surface area (Å²) in [4.78, 5) is 2.35. The number of benzene rings is 9. The smallest absolute Gasteiger partial charge is 0.143 e. The van der Waals surface area contributed by atoms with Gasteiger partial charge in [-0.15, -0.1) is 0 Å². The van der Waals surface area contributed by atoms with Crippen molar-refractivity contribution in [2.45, 2.75) is 0 Å². The monoisotopic (exact) mass is 676 g/mol. The summed E-state index contributed by atoms with van der Waals surface area (Å²) >= 11 is 0. The van der Waals surface area contributed by atoms with E-state index in [0.717, 1.165) is 55.6 Å². The summed E-state index contributed by atoms with van der Waals surface area (Å²) in [6, 6.07) is 69.8. The van der Waals surface area contributed by atoms with Crippen LogP contribution >= 0.6 is 0 Å². The van der Waals surface area contributed by atoms with E-state index in [1.165, 1.54) is 43.5 Å². The lowest BCUT2D eigenvalue weighted by atomic mass is 10.0. The highest BCUT2D eigenvalue weighted by molar-refractivity contribution is 6.16. The summed E-state index contributed by atoms with van der Waals surface area (Å²) in [7, 11) is 0. The van der Waals surface area contributed by atoms with E-state index in [2.05, 4.69) is 204 Å². The third-order valence-corrected chi connectivity index (χ3v) is 10.7. The second kappa shape index (κ2) is 11.7. The van der Waals surface area contributed by atoms with Crippen molar-refractivity contribution < 1.29 is 4.42 Å². The zero-order valence-electron chi connectivity index (χ0n) is 28.8. The van der Waals surface area contributed by atoms with Gasteiger partial charge < -0.3 is 13.9 Å². The number of hydrogen-bond acceptors (Lipinski definition) is 2. The molecule has 9 aromatic carbocycles. The zero-order valence-corrected chi connectivity index (χ0v) is 28.8. The summed E-state index contributed by atoms with van der Waals surface area (Å²) in [5.41, 5.74) is 11.0. The van der Waals surface area contributed by atoms with Crippen LogP contribution in [0.1, 0.15) is 0 Å². The number of furan rings is 1. The molecule has 0 amide bonds. The number of nitrogens with zero attached hydrogens (tertiary/aromatic N) is 2. The van der Waals surface area contributed by atoms with E-state index >= 15 is 0 Å². The Labute approximate surface area is 306 Å². The fraction of sp³-hybridized carbons (Fsp3) is 0. The van der Waals surface area contributed by atoms with Gasteiger partial charge in [0.2, 0.25) is 0 Å². The summed E-state index contributed by atoms with van der Waals surface area (Å²) in [6.45, 7) is 0. The molecule has 0 saturated heterocycles. The van der Waals surface area contributed by atoms with Gasteiger partial charge in [0.1, 0.15) is 11.2 Å². The van der Waals surface area contributed by atoms with Gasteiger partial charge in [0.15, 0.2) is 0 Å². The van der Waals surface area contributed by atoms with Gasteiger partial charge in [-0.2, -0.15) is 0 Å². The summed E-state index contributed by atoms with van der Waals surface area (Å²) in [5.74, 6) is 0. The lowest BCUT2D eigenvalue weighted by Crippen LogP contribution is -2.09. The number of anilines is 3. The Morgan fingerprint density at radius 3 is 1.77 bits per heavy atom. The van der Waals surface area contributed by atoms with Gasteiger partial charge in [-0.05, 0) is 100 Å². The fourth-order valence-electron chi connectivity index (χ4n) is 8.22. The highest BCUT2D eigenvalue weighted by Crippen LogP contribution is 2.42. The van der Waals surface area contributed by atoms with E-state index in [4.69, 9.17) is 4.42 Å². The van der Waals surface area contributed by atoms with Gasteiger partial charge in [0.05, 0.1) is 11.0 Å². The normalized spacial score (nSPS) is 11.8. The zero-order chi connectivity index (χ0) is 34.9. The van der Waals surface area contributed by atoms with Crippen molar-refractivity contribution in [2.24, 2.45) is 0 Å². The minimum absolute atomic E-state index is 0.886. The van der Waals surface area contributed by atoms with Crippen molar-refractivity contribution in [3.05, 3.63) is 194 Å². The van der Waals surface area contributed by atoms with E-state index in [-0.39, 0.29) is 0 Å². The van der Waals surface area contributed by atoms with Crippen LogP contribution in [0.25, 0.3) is 82.1 Å². The molecule has 0 atom stereocenters. The summed E-state index contributed by atoms with van der Waals surface area (Å²) in [6.07, 6.45) is 0. The molecule has 0 radical (unpaired) electrons. The van der Waals surface area contributed by atoms with E-state index in [1.807, 2.05) is 0 Å². The minimum Gasteiger partial charge on any atom is -0.455 e.